The molecule has 0 bridgehead atoms. The van der Waals surface area contributed by atoms with Gasteiger partial charge in [-0.15, -0.1) is 0 Å². The molecule has 1 atom stereocenters. The first-order valence-corrected chi connectivity index (χ1v) is 7.05. The summed E-state index contributed by atoms with van der Waals surface area (Å²) in [7, 11) is 0. The standard InChI is InChI=1S/C16H27NO/c1-4-11-17(12-5-2)13-16(3,14-18)15-9-7-6-8-10-15/h6-10,18H,4-5,11-14H2,1-3H3. The smallest absolute Gasteiger partial charge is 0.0537 e. The van der Waals surface area contributed by atoms with Gasteiger partial charge in [-0.1, -0.05) is 51.1 Å². The maximum atomic E-state index is 9.80. The fourth-order valence-electron chi connectivity index (χ4n) is 2.47. The van der Waals surface area contributed by atoms with Crippen LogP contribution in [0.3, 0.4) is 0 Å². The highest BCUT2D eigenvalue weighted by Crippen LogP contribution is 2.24. The number of aliphatic hydroxyl groups is 1. The summed E-state index contributed by atoms with van der Waals surface area (Å²) in [5.41, 5.74) is 1.07. The zero-order valence-electron chi connectivity index (χ0n) is 12.0. The lowest BCUT2D eigenvalue weighted by atomic mass is 9.82. The first kappa shape index (κ1) is 15.2. The average Bonchev–Trinajstić information content (AvgIpc) is 2.40. The van der Waals surface area contributed by atoms with Crippen molar-refractivity contribution >= 4 is 0 Å². The lowest BCUT2D eigenvalue weighted by Crippen LogP contribution is -2.42. The molecule has 0 spiro atoms. The topological polar surface area (TPSA) is 23.5 Å². The van der Waals surface area contributed by atoms with Gasteiger partial charge in [0.25, 0.3) is 0 Å². The van der Waals surface area contributed by atoms with Crippen molar-refractivity contribution in [3.8, 4) is 0 Å². The molecular weight excluding hydrogens is 222 g/mol. The Balaban J connectivity index is 2.80. The molecule has 1 aromatic rings. The highest BCUT2D eigenvalue weighted by atomic mass is 16.3. The van der Waals surface area contributed by atoms with E-state index >= 15 is 0 Å². The summed E-state index contributed by atoms with van der Waals surface area (Å²) in [6.45, 7) is 9.91. The summed E-state index contributed by atoms with van der Waals surface area (Å²) in [6, 6.07) is 10.4. The summed E-state index contributed by atoms with van der Waals surface area (Å²) in [4.78, 5) is 2.46. The van der Waals surface area contributed by atoms with Crippen molar-refractivity contribution in [2.75, 3.05) is 26.2 Å². The van der Waals surface area contributed by atoms with Crippen molar-refractivity contribution in [1.29, 1.82) is 0 Å². The quantitative estimate of drug-likeness (QED) is 0.765. The summed E-state index contributed by atoms with van der Waals surface area (Å²) >= 11 is 0. The minimum atomic E-state index is -0.161. The predicted octanol–water partition coefficient (Wildman–Crippen LogP) is 3.06. The average molecular weight is 249 g/mol. The van der Waals surface area contributed by atoms with E-state index in [-0.39, 0.29) is 12.0 Å². The van der Waals surface area contributed by atoms with Crippen molar-refractivity contribution in [3.05, 3.63) is 35.9 Å². The minimum absolute atomic E-state index is 0.161. The predicted molar refractivity (Wildman–Crippen MR) is 77.9 cm³/mol. The van der Waals surface area contributed by atoms with Crippen LogP contribution < -0.4 is 0 Å². The van der Waals surface area contributed by atoms with Crippen molar-refractivity contribution in [1.82, 2.24) is 4.90 Å². The van der Waals surface area contributed by atoms with Gasteiger partial charge in [0.05, 0.1) is 6.61 Å². The van der Waals surface area contributed by atoms with Crippen molar-refractivity contribution in [3.63, 3.8) is 0 Å². The van der Waals surface area contributed by atoms with Crippen LogP contribution in [0.4, 0.5) is 0 Å². The lowest BCUT2D eigenvalue weighted by molar-refractivity contribution is 0.143. The number of nitrogens with zero attached hydrogens (tertiary/aromatic N) is 1. The van der Waals surface area contributed by atoms with Crippen molar-refractivity contribution < 1.29 is 5.11 Å². The molecule has 0 radical (unpaired) electrons. The zero-order chi connectivity index (χ0) is 13.4. The van der Waals surface area contributed by atoms with Gasteiger partial charge < -0.3 is 10.0 Å². The maximum Gasteiger partial charge on any atom is 0.0537 e. The van der Waals surface area contributed by atoms with E-state index in [9.17, 15) is 5.11 Å². The van der Waals surface area contributed by atoms with Gasteiger partial charge in [-0.2, -0.15) is 0 Å². The van der Waals surface area contributed by atoms with Gasteiger partial charge in [0.1, 0.15) is 0 Å². The molecule has 0 heterocycles. The Kier molecular flexibility index (Phi) is 6.37. The minimum Gasteiger partial charge on any atom is -0.395 e. The second-order valence-corrected chi connectivity index (χ2v) is 5.36. The third-order valence-corrected chi connectivity index (χ3v) is 3.47. The van der Waals surface area contributed by atoms with Crippen LogP contribution in [0.15, 0.2) is 30.3 Å². The van der Waals surface area contributed by atoms with Crippen LogP contribution in [-0.4, -0.2) is 36.2 Å². The Morgan fingerprint density at radius 3 is 2.06 bits per heavy atom. The van der Waals surface area contributed by atoms with Crippen LogP contribution in [0.25, 0.3) is 0 Å². The largest absolute Gasteiger partial charge is 0.395 e. The molecule has 0 aliphatic carbocycles. The molecule has 102 valence electrons. The van der Waals surface area contributed by atoms with Crippen LogP contribution in [0.2, 0.25) is 0 Å². The summed E-state index contributed by atoms with van der Waals surface area (Å²) in [6.07, 6.45) is 2.33. The second kappa shape index (κ2) is 7.55. The van der Waals surface area contributed by atoms with Crippen LogP contribution in [0.1, 0.15) is 39.2 Å². The number of aliphatic hydroxyl groups excluding tert-OH is 1. The Bertz CT molecular complexity index is 319. The molecule has 2 nitrogen and oxygen atoms in total. The SMILES string of the molecule is CCCN(CCC)CC(C)(CO)c1ccccc1. The van der Waals surface area contributed by atoms with E-state index in [2.05, 4.69) is 37.8 Å². The van der Waals surface area contributed by atoms with Crippen molar-refractivity contribution in [2.24, 2.45) is 0 Å². The number of hydrogen-bond acceptors (Lipinski definition) is 2. The van der Waals surface area contributed by atoms with E-state index in [0.29, 0.717) is 0 Å². The van der Waals surface area contributed by atoms with Crippen LogP contribution in [-0.2, 0) is 5.41 Å². The van der Waals surface area contributed by atoms with Crippen LogP contribution in [0.5, 0.6) is 0 Å². The molecule has 1 rings (SSSR count). The maximum absolute atomic E-state index is 9.80. The molecule has 1 aromatic carbocycles. The number of rotatable bonds is 8. The van der Waals surface area contributed by atoms with Crippen LogP contribution in [0, 0.1) is 0 Å². The van der Waals surface area contributed by atoms with E-state index in [1.807, 2.05) is 18.2 Å². The first-order chi connectivity index (χ1) is 8.66. The molecule has 0 aliphatic heterocycles. The second-order valence-electron chi connectivity index (χ2n) is 5.36. The van der Waals surface area contributed by atoms with E-state index in [4.69, 9.17) is 0 Å². The fraction of sp³-hybridized carbons (Fsp3) is 0.625. The Hall–Kier alpha value is -0.860. The summed E-state index contributed by atoms with van der Waals surface area (Å²) in [5.74, 6) is 0. The molecule has 0 saturated heterocycles. The van der Waals surface area contributed by atoms with Gasteiger partial charge in [0.15, 0.2) is 0 Å². The normalized spacial score (nSPS) is 14.7. The number of hydrogen-bond donors (Lipinski definition) is 1. The highest BCUT2D eigenvalue weighted by Gasteiger charge is 2.27. The molecule has 0 amide bonds. The third-order valence-electron chi connectivity index (χ3n) is 3.47. The molecule has 0 fully saturated rings. The summed E-state index contributed by atoms with van der Waals surface area (Å²) in [5, 5.41) is 9.80. The Morgan fingerprint density at radius 2 is 1.61 bits per heavy atom. The first-order valence-electron chi connectivity index (χ1n) is 7.05. The zero-order valence-corrected chi connectivity index (χ0v) is 12.0. The molecule has 0 aromatic heterocycles. The lowest BCUT2D eigenvalue weighted by Gasteiger charge is -2.34. The molecule has 0 aliphatic rings. The molecule has 0 saturated carbocycles. The van der Waals surface area contributed by atoms with E-state index in [1.165, 1.54) is 5.56 Å². The van der Waals surface area contributed by atoms with E-state index in [0.717, 1.165) is 32.5 Å². The summed E-state index contributed by atoms with van der Waals surface area (Å²) < 4.78 is 0. The van der Waals surface area contributed by atoms with Gasteiger partial charge in [-0.25, -0.2) is 0 Å². The van der Waals surface area contributed by atoms with Crippen LogP contribution >= 0.6 is 0 Å². The van der Waals surface area contributed by atoms with E-state index in [1.54, 1.807) is 0 Å². The van der Waals surface area contributed by atoms with E-state index < -0.39 is 0 Å². The highest BCUT2D eigenvalue weighted by molar-refractivity contribution is 5.25. The van der Waals surface area contributed by atoms with Gasteiger partial charge in [0.2, 0.25) is 0 Å². The molecule has 2 heteroatoms. The monoisotopic (exact) mass is 249 g/mol. The number of benzene rings is 1. The Morgan fingerprint density at radius 1 is 1.06 bits per heavy atom. The fourth-order valence-corrected chi connectivity index (χ4v) is 2.47. The molecule has 1 unspecified atom stereocenters. The van der Waals surface area contributed by atoms with Gasteiger partial charge in [0, 0.05) is 12.0 Å². The van der Waals surface area contributed by atoms with Crippen molar-refractivity contribution in [2.45, 2.75) is 39.0 Å². The third kappa shape index (κ3) is 4.11. The van der Waals surface area contributed by atoms with Gasteiger partial charge >= 0.3 is 0 Å². The molecular formula is C16H27NO. The van der Waals surface area contributed by atoms with Gasteiger partial charge in [-0.05, 0) is 31.5 Å². The molecule has 18 heavy (non-hydrogen) atoms. The molecule has 1 N–H and O–H groups in total. The Labute approximate surface area is 112 Å². The van der Waals surface area contributed by atoms with Gasteiger partial charge in [-0.3, -0.25) is 0 Å².